The summed E-state index contributed by atoms with van der Waals surface area (Å²) in [7, 11) is 0. The second-order valence-corrected chi connectivity index (χ2v) is 5.14. The molecular formula is C16H28N2. The number of pyridine rings is 1. The van der Waals surface area contributed by atoms with E-state index in [1.54, 1.807) is 0 Å². The summed E-state index contributed by atoms with van der Waals surface area (Å²) in [5.41, 5.74) is 3.65. The van der Waals surface area contributed by atoms with Gasteiger partial charge < -0.3 is 5.32 Å². The highest BCUT2D eigenvalue weighted by atomic mass is 14.9. The van der Waals surface area contributed by atoms with Crippen molar-refractivity contribution in [3.8, 4) is 0 Å². The van der Waals surface area contributed by atoms with Crippen molar-refractivity contribution in [2.24, 2.45) is 0 Å². The molecule has 0 aliphatic rings. The Kier molecular flexibility index (Phi) is 6.96. The van der Waals surface area contributed by atoms with Crippen molar-refractivity contribution in [1.29, 1.82) is 0 Å². The molecule has 0 fully saturated rings. The highest BCUT2D eigenvalue weighted by Gasteiger charge is 2.11. The fourth-order valence-electron chi connectivity index (χ4n) is 2.48. The summed E-state index contributed by atoms with van der Waals surface area (Å²) in [6, 6.07) is 4.94. The van der Waals surface area contributed by atoms with Gasteiger partial charge in [0.1, 0.15) is 0 Å². The van der Waals surface area contributed by atoms with Crippen molar-refractivity contribution in [1.82, 2.24) is 10.3 Å². The Morgan fingerprint density at radius 2 is 1.72 bits per heavy atom. The van der Waals surface area contributed by atoms with E-state index in [9.17, 15) is 0 Å². The van der Waals surface area contributed by atoms with Crippen molar-refractivity contribution in [2.75, 3.05) is 6.54 Å². The number of hydrogen-bond donors (Lipinski definition) is 1. The topological polar surface area (TPSA) is 24.9 Å². The molecule has 0 saturated carbocycles. The molecule has 0 spiro atoms. The molecule has 1 N–H and O–H groups in total. The highest BCUT2D eigenvalue weighted by Crippen LogP contribution is 2.21. The Bertz CT molecular complexity index is 327. The third-order valence-corrected chi connectivity index (χ3v) is 3.30. The molecule has 0 bridgehead atoms. The van der Waals surface area contributed by atoms with Crippen LogP contribution >= 0.6 is 0 Å². The van der Waals surface area contributed by atoms with Crippen LogP contribution in [0.15, 0.2) is 12.1 Å². The Morgan fingerprint density at radius 3 is 2.28 bits per heavy atom. The molecule has 1 aromatic rings. The van der Waals surface area contributed by atoms with Crippen LogP contribution in [0.25, 0.3) is 0 Å². The minimum absolute atomic E-state index is 0.493. The smallest absolute Gasteiger partial charge is 0.0379 e. The maximum Gasteiger partial charge on any atom is 0.0379 e. The lowest BCUT2D eigenvalue weighted by Crippen LogP contribution is -2.21. The van der Waals surface area contributed by atoms with Crippen LogP contribution < -0.4 is 5.32 Å². The summed E-state index contributed by atoms with van der Waals surface area (Å²) in [5.74, 6) is 0. The van der Waals surface area contributed by atoms with Gasteiger partial charge in [-0.2, -0.15) is 0 Å². The van der Waals surface area contributed by atoms with Crippen LogP contribution in [-0.2, 0) is 0 Å². The number of unbranched alkanes of at least 4 members (excludes halogenated alkanes) is 3. The van der Waals surface area contributed by atoms with E-state index < -0.39 is 0 Å². The quantitative estimate of drug-likeness (QED) is 0.693. The first kappa shape index (κ1) is 15.2. The predicted octanol–water partition coefficient (Wildman–Crippen LogP) is 4.32. The van der Waals surface area contributed by atoms with Crippen molar-refractivity contribution in [2.45, 2.75) is 65.8 Å². The summed E-state index contributed by atoms with van der Waals surface area (Å²) in [6.45, 7) is 9.63. The summed E-state index contributed by atoms with van der Waals surface area (Å²) in [6.07, 6.45) is 6.55. The highest BCUT2D eigenvalue weighted by molar-refractivity contribution is 5.23. The molecule has 1 heterocycles. The Balaban J connectivity index is 2.64. The Hall–Kier alpha value is -0.890. The molecule has 0 amide bonds. The molecule has 2 heteroatoms. The van der Waals surface area contributed by atoms with Crippen LogP contribution in [0.1, 0.15) is 68.9 Å². The minimum atomic E-state index is 0.493. The number of nitrogens with one attached hydrogen (secondary N) is 1. The monoisotopic (exact) mass is 248 g/mol. The molecule has 0 aliphatic carbocycles. The molecule has 1 aromatic heterocycles. The van der Waals surface area contributed by atoms with Crippen LogP contribution in [0.2, 0.25) is 0 Å². The van der Waals surface area contributed by atoms with E-state index in [2.05, 4.69) is 50.1 Å². The molecule has 0 radical (unpaired) electrons. The maximum atomic E-state index is 4.46. The standard InChI is InChI=1S/C16H28N2/c1-5-7-8-9-10-16(17-6-2)15-11-13(3)18-14(4)12-15/h11-12,16-17H,5-10H2,1-4H3. The molecule has 0 aliphatic heterocycles. The van der Waals surface area contributed by atoms with Gasteiger partial charge in [0.05, 0.1) is 0 Å². The van der Waals surface area contributed by atoms with Crippen molar-refractivity contribution in [3.05, 3.63) is 29.1 Å². The normalized spacial score (nSPS) is 12.7. The molecule has 0 aromatic carbocycles. The van der Waals surface area contributed by atoms with Gasteiger partial charge in [0.2, 0.25) is 0 Å². The van der Waals surface area contributed by atoms with Gasteiger partial charge in [0, 0.05) is 17.4 Å². The Labute approximate surface area is 112 Å². The fourth-order valence-corrected chi connectivity index (χ4v) is 2.48. The predicted molar refractivity (Wildman–Crippen MR) is 78.9 cm³/mol. The zero-order valence-corrected chi connectivity index (χ0v) is 12.4. The van der Waals surface area contributed by atoms with Gasteiger partial charge in [-0.05, 0) is 44.5 Å². The summed E-state index contributed by atoms with van der Waals surface area (Å²) < 4.78 is 0. The van der Waals surface area contributed by atoms with Crippen molar-refractivity contribution < 1.29 is 0 Å². The van der Waals surface area contributed by atoms with Crippen LogP contribution in [0, 0.1) is 13.8 Å². The molecule has 1 atom stereocenters. The van der Waals surface area contributed by atoms with Crippen molar-refractivity contribution >= 4 is 0 Å². The van der Waals surface area contributed by atoms with Gasteiger partial charge in [0.25, 0.3) is 0 Å². The summed E-state index contributed by atoms with van der Waals surface area (Å²) in [4.78, 5) is 4.46. The molecular weight excluding hydrogens is 220 g/mol. The molecule has 2 nitrogen and oxygen atoms in total. The van der Waals surface area contributed by atoms with Gasteiger partial charge in [-0.25, -0.2) is 0 Å². The summed E-state index contributed by atoms with van der Waals surface area (Å²) >= 11 is 0. The van der Waals surface area contributed by atoms with Crippen molar-refractivity contribution in [3.63, 3.8) is 0 Å². The zero-order valence-electron chi connectivity index (χ0n) is 12.4. The number of hydrogen-bond acceptors (Lipinski definition) is 2. The van der Waals surface area contributed by atoms with Crippen LogP contribution in [0.3, 0.4) is 0 Å². The number of nitrogens with zero attached hydrogens (tertiary/aromatic N) is 1. The second kappa shape index (κ2) is 8.25. The van der Waals surface area contributed by atoms with Crippen LogP contribution in [0.5, 0.6) is 0 Å². The van der Waals surface area contributed by atoms with Gasteiger partial charge in [-0.15, -0.1) is 0 Å². The zero-order chi connectivity index (χ0) is 13.4. The van der Waals surface area contributed by atoms with Gasteiger partial charge in [-0.1, -0.05) is 39.5 Å². The third kappa shape index (κ3) is 5.18. The lowest BCUT2D eigenvalue weighted by Gasteiger charge is -2.19. The third-order valence-electron chi connectivity index (χ3n) is 3.30. The first-order chi connectivity index (χ1) is 8.67. The lowest BCUT2D eigenvalue weighted by molar-refractivity contribution is 0.481. The molecule has 1 rings (SSSR count). The minimum Gasteiger partial charge on any atom is -0.310 e. The van der Waals surface area contributed by atoms with E-state index in [-0.39, 0.29) is 0 Å². The van der Waals surface area contributed by atoms with E-state index >= 15 is 0 Å². The maximum absolute atomic E-state index is 4.46. The average Bonchev–Trinajstić information content (AvgIpc) is 2.32. The molecule has 0 saturated heterocycles. The number of aromatic nitrogens is 1. The van der Waals surface area contributed by atoms with E-state index in [4.69, 9.17) is 0 Å². The van der Waals surface area contributed by atoms with Crippen LogP contribution in [-0.4, -0.2) is 11.5 Å². The van der Waals surface area contributed by atoms with Gasteiger partial charge >= 0.3 is 0 Å². The lowest BCUT2D eigenvalue weighted by atomic mass is 9.99. The number of aryl methyl sites for hydroxylation is 2. The second-order valence-electron chi connectivity index (χ2n) is 5.14. The Morgan fingerprint density at radius 1 is 1.06 bits per heavy atom. The van der Waals surface area contributed by atoms with Crippen LogP contribution in [0.4, 0.5) is 0 Å². The summed E-state index contributed by atoms with van der Waals surface area (Å²) in [5, 5.41) is 3.60. The van der Waals surface area contributed by atoms with E-state index in [0.717, 1.165) is 17.9 Å². The SMILES string of the molecule is CCCCCCC(NCC)c1cc(C)nc(C)c1. The first-order valence-corrected chi connectivity index (χ1v) is 7.36. The molecule has 102 valence electrons. The van der Waals surface area contributed by atoms with Gasteiger partial charge in [0.15, 0.2) is 0 Å². The molecule has 18 heavy (non-hydrogen) atoms. The molecule has 1 unspecified atom stereocenters. The largest absolute Gasteiger partial charge is 0.310 e. The fraction of sp³-hybridized carbons (Fsp3) is 0.688. The van der Waals surface area contributed by atoms with E-state index in [0.29, 0.717) is 6.04 Å². The van der Waals surface area contributed by atoms with Gasteiger partial charge in [-0.3, -0.25) is 4.98 Å². The average molecular weight is 248 g/mol. The number of rotatable bonds is 8. The van der Waals surface area contributed by atoms with E-state index in [1.807, 2.05) is 0 Å². The van der Waals surface area contributed by atoms with E-state index in [1.165, 1.54) is 37.7 Å². The first-order valence-electron chi connectivity index (χ1n) is 7.36.